The molecule has 0 amide bonds. The van der Waals surface area contributed by atoms with Crippen LogP contribution in [0, 0.1) is 0 Å². The van der Waals surface area contributed by atoms with Gasteiger partial charge in [-0.25, -0.2) is 0 Å². The minimum Gasteiger partial charge on any atom is -0.507 e. The predicted octanol–water partition coefficient (Wildman–Crippen LogP) is 1.41. The Bertz CT molecular complexity index is 878. The maximum atomic E-state index is 12.8. The average Bonchev–Trinajstić information content (AvgIpc) is 2.65. The van der Waals surface area contributed by atoms with Gasteiger partial charge in [-0.1, -0.05) is 6.07 Å². The van der Waals surface area contributed by atoms with Gasteiger partial charge in [-0.05, 0) is 24.6 Å². The highest BCUT2D eigenvalue weighted by atomic mass is 16.6. The Balaban J connectivity index is 2.39. The van der Waals surface area contributed by atoms with Crippen molar-refractivity contribution in [1.82, 2.24) is 0 Å². The average molecular weight is 318 g/mol. The molecule has 3 rings (SSSR count). The second kappa shape index (κ2) is 5.44. The molecule has 0 spiro atoms. The third kappa shape index (κ3) is 2.25. The van der Waals surface area contributed by atoms with Gasteiger partial charge in [0, 0.05) is 0 Å². The number of rotatable bonds is 1. The lowest BCUT2D eigenvalue weighted by Gasteiger charge is -2.19. The lowest BCUT2D eigenvalue weighted by molar-refractivity contribution is -0.144. The summed E-state index contributed by atoms with van der Waals surface area (Å²) in [7, 11) is 1.15. The second-order valence-electron chi connectivity index (χ2n) is 5.21. The van der Waals surface area contributed by atoms with Crippen LogP contribution in [0.5, 0.6) is 11.7 Å². The summed E-state index contributed by atoms with van der Waals surface area (Å²) in [6, 6.07) is 4.33. The molecule has 1 aliphatic rings. The van der Waals surface area contributed by atoms with E-state index in [-0.39, 0.29) is 28.2 Å². The lowest BCUT2D eigenvalue weighted by Crippen LogP contribution is -2.31. The van der Waals surface area contributed by atoms with Crippen molar-refractivity contribution < 1.29 is 28.9 Å². The van der Waals surface area contributed by atoms with Crippen molar-refractivity contribution in [3.8, 4) is 11.7 Å². The number of ether oxygens (including phenoxy) is 2. The predicted molar refractivity (Wildman–Crippen MR) is 79.3 cm³/mol. The third-order valence-electron chi connectivity index (χ3n) is 3.80. The molecular weight excluding hydrogens is 304 g/mol. The highest BCUT2D eigenvalue weighted by molar-refractivity contribution is 5.87. The van der Waals surface area contributed by atoms with Crippen LogP contribution in [-0.4, -0.2) is 29.4 Å². The van der Waals surface area contributed by atoms with Crippen molar-refractivity contribution in [2.75, 3.05) is 7.11 Å². The number of esters is 1. The molecule has 2 unspecified atom stereocenters. The Morgan fingerprint density at radius 2 is 2.09 bits per heavy atom. The number of methoxy groups -OCH3 is 1. The summed E-state index contributed by atoms with van der Waals surface area (Å²) in [5.41, 5.74) is -0.400. The lowest BCUT2D eigenvalue weighted by atomic mass is 9.90. The molecule has 0 bridgehead atoms. The summed E-state index contributed by atoms with van der Waals surface area (Å²) in [4.78, 5) is 24.9. The van der Waals surface area contributed by atoms with Crippen LogP contribution in [0.3, 0.4) is 0 Å². The van der Waals surface area contributed by atoms with Crippen LogP contribution in [0.1, 0.15) is 18.4 Å². The number of hydrogen-bond acceptors (Lipinski definition) is 7. The van der Waals surface area contributed by atoms with Crippen LogP contribution in [-0.2, 0) is 9.53 Å². The van der Waals surface area contributed by atoms with Crippen LogP contribution in [0.2, 0.25) is 0 Å². The highest BCUT2D eigenvalue weighted by Crippen LogP contribution is 2.36. The van der Waals surface area contributed by atoms with Crippen molar-refractivity contribution in [3.63, 3.8) is 0 Å². The van der Waals surface area contributed by atoms with Crippen molar-refractivity contribution in [2.24, 2.45) is 0 Å². The number of aromatic hydroxyl groups is 1. The Morgan fingerprint density at radius 3 is 2.78 bits per heavy atom. The first kappa shape index (κ1) is 15.1. The fourth-order valence-corrected chi connectivity index (χ4v) is 2.58. The quantitative estimate of drug-likeness (QED) is 0.766. The number of phenols is 1. The number of carbonyl (C=O) groups excluding carboxylic acids is 1. The second-order valence-corrected chi connectivity index (χ2v) is 5.21. The van der Waals surface area contributed by atoms with Gasteiger partial charge in [0.15, 0.2) is 0 Å². The van der Waals surface area contributed by atoms with E-state index in [1.54, 1.807) is 6.92 Å². The highest BCUT2D eigenvalue weighted by Gasteiger charge is 2.39. The zero-order valence-corrected chi connectivity index (χ0v) is 12.4. The van der Waals surface area contributed by atoms with E-state index in [2.05, 4.69) is 0 Å². The number of aliphatic hydroxyl groups excluding tert-OH is 1. The summed E-state index contributed by atoms with van der Waals surface area (Å²) in [5, 5.41) is 20.2. The van der Waals surface area contributed by atoms with Crippen LogP contribution in [0.4, 0.5) is 0 Å². The SMILES string of the molecule is COC(=O)C1c2c(oc3cccc(O)c3c2=O)OC=C(C)C1O. The maximum Gasteiger partial charge on any atom is 0.316 e. The monoisotopic (exact) mass is 318 g/mol. The van der Waals surface area contributed by atoms with Crippen molar-refractivity contribution in [3.05, 3.63) is 45.8 Å². The zero-order chi connectivity index (χ0) is 16.7. The Kier molecular flexibility index (Phi) is 3.57. The fourth-order valence-electron chi connectivity index (χ4n) is 2.58. The topological polar surface area (TPSA) is 106 Å². The van der Waals surface area contributed by atoms with E-state index >= 15 is 0 Å². The van der Waals surface area contributed by atoms with Crippen molar-refractivity contribution in [1.29, 1.82) is 0 Å². The number of benzene rings is 1. The summed E-state index contributed by atoms with van der Waals surface area (Å²) in [6.07, 6.45) is -0.0980. The molecule has 120 valence electrons. The molecule has 2 heterocycles. The van der Waals surface area contributed by atoms with Crippen molar-refractivity contribution >= 4 is 16.9 Å². The van der Waals surface area contributed by atoms with E-state index in [1.807, 2.05) is 0 Å². The molecule has 23 heavy (non-hydrogen) atoms. The van der Waals surface area contributed by atoms with E-state index in [1.165, 1.54) is 24.5 Å². The molecule has 7 heteroatoms. The molecule has 2 atom stereocenters. The van der Waals surface area contributed by atoms with Crippen LogP contribution in [0.15, 0.2) is 39.2 Å². The fraction of sp³-hybridized carbons (Fsp3) is 0.250. The summed E-state index contributed by atoms with van der Waals surface area (Å²) in [5.74, 6) is -2.61. The van der Waals surface area contributed by atoms with Crippen LogP contribution in [0.25, 0.3) is 11.0 Å². The first-order valence-corrected chi connectivity index (χ1v) is 6.83. The van der Waals surface area contributed by atoms with E-state index in [4.69, 9.17) is 13.9 Å². The molecule has 0 radical (unpaired) electrons. The summed E-state index contributed by atoms with van der Waals surface area (Å²) < 4.78 is 15.5. The molecule has 1 aromatic heterocycles. The minimum absolute atomic E-state index is 0.0875. The molecular formula is C16H14O7. The normalized spacial score (nSPS) is 20.2. The van der Waals surface area contributed by atoms with Gasteiger partial charge in [0.05, 0.1) is 25.0 Å². The van der Waals surface area contributed by atoms with E-state index in [0.717, 1.165) is 7.11 Å². The van der Waals surface area contributed by atoms with Crippen LogP contribution >= 0.6 is 0 Å². The van der Waals surface area contributed by atoms with Gasteiger partial charge in [0.25, 0.3) is 5.95 Å². The third-order valence-corrected chi connectivity index (χ3v) is 3.80. The summed E-state index contributed by atoms with van der Waals surface area (Å²) >= 11 is 0. The molecule has 0 fully saturated rings. The van der Waals surface area contributed by atoms with Gasteiger partial charge in [-0.2, -0.15) is 0 Å². The van der Waals surface area contributed by atoms with E-state index in [9.17, 15) is 19.8 Å². The Morgan fingerprint density at radius 1 is 1.35 bits per heavy atom. The standard InChI is InChI=1S/C16H14O7/c1-7-6-22-16-12(11(13(7)18)15(20)21-2)14(19)10-8(17)4-3-5-9(10)23-16/h3-6,11,13,17-18H,1-2H3. The largest absolute Gasteiger partial charge is 0.507 e. The van der Waals surface area contributed by atoms with E-state index < -0.39 is 23.4 Å². The van der Waals surface area contributed by atoms with Crippen molar-refractivity contribution in [2.45, 2.75) is 18.9 Å². The van der Waals surface area contributed by atoms with Crippen LogP contribution < -0.4 is 10.2 Å². The van der Waals surface area contributed by atoms with Gasteiger partial charge in [-0.3, -0.25) is 9.59 Å². The van der Waals surface area contributed by atoms with Gasteiger partial charge in [0.1, 0.15) is 22.6 Å². The number of carbonyl (C=O) groups is 1. The number of aliphatic hydroxyl groups is 1. The molecule has 1 aliphatic heterocycles. The smallest absolute Gasteiger partial charge is 0.316 e. The van der Waals surface area contributed by atoms with Gasteiger partial charge < -0.3 is 24.1 Å². The van der Waals surface area contributed by atoms with Gasteiger partial charge >= 0.3 is 5.97 Å². The zero-order valence-electron chi connectivity index (χ0n) is 12.4. The maximum absolute atomic E-state index is 12.8. The molecule has 0 saturated carbocycles. The molecule has 2 aromatic rings. The molecule has 0 aliphatic carbocycles. The number of fused-ring (bicyclic) bond motifs is 2. The first-order chi connectivity index (χ1) is 11.0. The number of phenolic OH excluding ortho intramolecular Hbond substituents is 1. The van der Waals surface area contributed by atoms with Gasteiger partial charge in [-0.15, -0.1) is 0 Å². The summed E-state index contributed by atoms with van der Waals surface area (Å²) in [6.45, 7) is 1.55. The minimum atomic E-state index is -1.31. The van der Waals surface area contributed by atoms with E-state index in [0.29, 0.717) is 5.57 Å². The molecule has 2 N–H and O–H groups in total. The Labute approximate surface area is 130 Å². The first-order valence-electron chi connectivity index (χ1n) is 6.83. The molecule has 7 nitrogen and oxygen atoms in total. The molecule has 1 aromatic carbocycles. The number of hydrogen-bond donors (Lipinski definition) is 2. The Hall–Kier alpha value is -2.80. The van der Waals surface area contributed by atoms with Gasteiger partial charge in [0.2, 0.25) is 5.43 Å². The molecule has 0 saturated heterocycles.